The number of carbonyl (C=O) groups excluding carboxylic acids is 1. The van der Waals surface area contributed by atoms with Crippen molar-refractivity contribution in [2.45, 2.75) is 55.5 Å². The normalized spacial score (nSPS) is 21.5. The number of alkyl halides is 3. The molecule has 0 radical (unpaired) electrons. The standard InChI is InChI=1S/C27H22F4N6O3/c28-21-11-32-22-16(9-19(35-37(21)22)17-10-33-25(40)34-23(17)38)15-8-14(15)13-3-4-18-20(7-13)36(12-27(29,30)31)24(39)26(18)5-1-2-6-26/h3-4,7,9-11,14-15H,1-2,5-6,8,12H2,(H2,33,34,38,40)/t14-,15+/m1/s1. The second-order valence-corrected chi connectivity index (χ2v) is 10.8. The van der Waals surface area contributed by atoms with Crippen LogP contribution in [0.2, 0.25) is 0 Å². The number of benzene rings is 1. The maximum absolute atomic E-state index is 14.6. The third-order valence-electron chi connectivity index (χ3n) is 8.44. The molecule has 2 fully saturated rings. The maximum Gasteiger partial charge on any atom is 0.406 e. The van der Waals surface area contributed by atoms with Gasteiger partial charge in [-0.05, 0) is 54.4 Å². The highest BCUT2D eigenvalue weighted by molar-refractivity contribution is 6.08. The van der Waals surface area contributed by atoms with Gasteiger partial charge < -0.3 is 9.88 Å². The molecule has 2 saturated carbocycles. The van der Waals surface area contributed by atoms with Gasteiger partial charge in [0.2, 0.25) is 11.9 Å². The average Bonchev–Trinajstić information content (AvgIpc) is 3.29. The van der Waals surface area contributed by atoms with Crippen molar-refractivity contribution in [2.24, 2.45) is 0 Å². The fraction of sp³-hybridized carbons (Fsp3) is 0.370. The van der Waals surface area contributed by atoms with E-state index in [2.05, 4.69) is 20.1 Å². The Kier molecular flexibility index (Phi) is 5.17. The van der Waals surface area contributed by atoms with Crippen LogP contribution in [0, 0.1) is 5.95 Å². The van der Waals surface area contributed by atoms with Gasteiger partial charge in [0.05, 0.1) is 22.9 Å². The van der Waals surface area contributed by atoms with E-state index >= 15 is 0 Å². The van der Waals surface area contributed by atoms with E-state index in [9.17, 15) is 31.9 Å². The van der Waals surface area contributed by atoms with Crippen molar-refractivity contribution in [3.8, 4) is 11.3 Å². The highest BCUT2D eigenvalue weighted by Gasteiger charge is 2.54. The second kappa shape index (κ2) is 8.35. The zero-order valence-corrected chi connectivity index (χ0v) is 20.9. The summed E-state index contributed by atoms with van der Waals surface area (Å²) in [5.74, 6) is -1.53. The molecule has 2 atom stereocenters. The first-order chi connectivity index (χ1) is 19.1. The molecule has 2 aliphatic carbocycles. The molecular weight excluding hydrogens is 532 g/mol. The molecule has 9 nitrogen and oxygen atoms in total. The molecular formula is C27H22F4N6O3. The number of amides is 1. The third kappa shape index (κ3) is 3.70. The Morgan fingerprint density at radius 3 is 2.58 bits per heavy atom. The summed E-state index contributed by atoms with van der Waals surface area (Å²) in [6.45, 7) is -1.34. The molecule has 13 heteroatoms. The van der Waals surface area contributed by atoms with Crippen LogP contribution in [0.1, 0.15) is 60.6 Å². The first-order valence-corrected chi connectivity index (χ1v) is 13.0. The van der Waals surface area contributed by atoms with E-state index in [0.29, 0.717) is 36.1 Å². The molecule has 4 heterocycles. The van der Waals surface area contributed by atoms with Gasteiger partial charge >= 0.3 is 11.9 Å². The molecule has 1 amide bonds. The number of anilines is 1. The number of carbonyl (C=O) groups is 1. The van der Waals surface area contributed by atoms with E-state index in [4.69, 9.17) is 0 Å². The largest absolute Gasteiger partial charge is 0.406 e. The van der Waals surface area contributed by atoms with Crippen LogP contribution in [0.4, 0.5) is 23.2 Å². The SMILES string of the molecule is O=C1N(CC(F)(F)F)c2cc([C@H]3C[C@@H]3c3cc(-c4c[nH]c(=O)[nH]c4=O)nn4c(F)cnc34)ccc2C12CCCC2. The number of hydrogen-bond donors (Lipinski definition) is 2. The molecule has 0 saturated heterocycles. The molecule has 1 aromatic carbocycles. The Hall–Kier alpha value is -4.29. The van der Waals surface area contributed by atoms with Gasteiger partial charge in [-0.1, -0.05) is 25.0 Å². The smallest absolute Gasteiger partial charge is 0.313 e. The zero-order chi connectivity index (χ0) is 28.0. The molecule has 1 spiro atoms. The van der Waals surface area contributed by atoms with Crippen molar-refractivity contribution in [2.75, 3.05) is 11.4 Å². The summed E-state index contributed by atoms with van der Waals surface area (Å²) < 4.78 is 56.1. The van der Waals surface area contributed by atoms with Crippen LogP contribution in [0.25, 0.3) is 16.9 Å². The summed E-state index contributed by atoms with van der Waals surface area (Å²) in [5, 5.41) is 4.19. The van der Waals surface area contributed by atoms with Crippen LogP contribution < -0.4 is 16.1 Å². The Balaban J connectivity index is 1.29. The predicted octanol–water partition coefficient (Wildman–Crippen LogP) is 3.90. The Bertz CT molecular complexity index is 1820. The number of rotatable bonds is 4. The summed E-state index contributed by atoms with van der Waals surface area (Å²) in [6, 6.07) is 6.97. The van der Waals surface area contributed by atoms with Crippen LogP contribution >= 0.6 is 0 Å². The van der Waals surface area contributed by atoms with Crippen molar-refractivity contribution >= 4 is 17.2 Å². The quantitative estimate of drug-likeness (QED) is 0.371. The van der Waals surface area contributed by atoms with E-state index in [1.54, 1.807) is 18.2 Å². The van der Waals surface area contributed by atoms with E-state index in [1.165, 1.54) is 6.20 Å². The summed E-state index contributed by atoms with van der Waals surface area (Å²) in [7, 11) is 0. The lowest BCUT2D eigenvalue weighted by Crippen LogP contribution is -2.43. The van der Waals surface area contributed by atoms with Gasteiger partial charge in [-0.25, -0.2) is 9.78 Å². The van der Waals surface area contributed by atoms with E-state index in [-0.39, 0.29) is 28.7 Å². The summed E-state index contributed by atoms with van der Waals surface area (Å²) in [5.41, 5.74) is 0.477. The third-order valence-corrected chi connectivity index (χ3v) is 8.44. The monoisotopic (exact) mass is 554 g/mol. The number of imidazole rings is 1. The summed E-state index contributed by atoms with van der Waals surface area (Å²) in [6.07, 6.45) is 0.918. The fourth-order valence-electron chi connectivity index (χ4n) is 6.57. The molecule has 206 valence electrons. The molecule has 2 N–H and O–H groups in total. The van der Waals surface area contributed by atoms with Gasteiger partial charge in [-0.2, -0.15) is 27.2 Å². The van der Waals surface area contributed by atoms with E-state index in [0.717, 1.165) is 34.0 Å². The number of halogens is 4. The zero-order valence-electron chi connectivity index (χ0n) is 20.9. The van der Waals surface area contributed by atoms with Crippen molar-refractivity contribution in [1.29, 1.82) is 0 Å². The molecule has 4 aromatic rings. The van der Waals surface area contributed by atoms with Crippen molar-refractivity contribution in [1.82, 2.24) is 24.6 Å². The average molecular weight is 555 g/mol. The first-order valence-electron chi connectivity index (χ1n) is 13.0. The molecule has 0 bridgehead atoms. The fourth-order valence-corrected chi connectivity index (χ4v) is 6.57. The van der Waals surface area contributed by atoms with Gasteiger partial charge in [0.15, 0.2) is 5.65 Å². The van der Waals surface area contributed by atoms with Gasteiger partial charge in [0.1, 0.15) is 6.54 Å². The van der Waals surface area contributed by atoms with Crippen LogP contribution in [-0.2, 0) is 10.2 Å². The number of hydrogen-bond acceptors (Lipinski definition) is 5. The lowest BCUT2D eigenvalue weighted by atomic mass is 9.80. The van der Waals surface area contributed by atoms with Crippen LogP contribution in [0.5, 0.6) is 0 Å². The molecule has 7 rings (SSSR count). The lowest BCUT2D eigenvalue weighted by molar-refractivity contribution is -0.134. The number of H-pyrrole nitrogens is 2. The molecule has 3 aromatic heterocycles. The molecule has 0 unspecified atom stereocenters. The summed E-state index contributed by atoms with van der Waals surface area (Å²) in [4.78, 5) is 46.8. The minimum Gasteiger partial charge on any atom is -0.313 e. The Morgan fingerprint density at radius 1 is 1.07 bits per heavy atom. The predicted molar refractivity (Wildman–Crippen MR) is 135 cm³/mol. The van der Waals surface area contributed by atoms with Gasteiger partial charge in [-0.15, -0.1) is 0 Å². The molecule has 1 aliphatic heterocycles. The number of aromatic amines is 2. The molecule has 3 aliphatic rings. The highest BCUT2D eigenvalue weighted by Crippen LogP contribution is 2.58. The Morgan fingerprint density at radius 2 is 1.85 bits per heavy atom. The maximum atomic E-state index is 14.6. The number of fused-ring (bicyclic) bond motifs is 3. The molecule has 40 heavy (non-hydrogen) atoms. The Labute approximate surface area is 222 Å². The highest BCUT2D eigenvalue weighted by atomic mass is 19.4. The van der Waals surface area contributed by atoms with E-state index in [1.807, 2.05) is 6.07 Å². The van der Waals surface area contributed by atoms with Gasteiger partial charge in [0.25, 0.3) is 5.56 Å². The minimum absolute atomic E-state index is 0.0359. The minimum atomic E-state index is -4.54. The first kappa shape index (κ1) is 24.7. The number of nitrogens with one attached hydrogen (secondary N) is 2. The summed E-state index contributed by atoms with van der Waals surface area (Å²) >= 11 is 0. The van der Waals surface area contributed by atoms with Crippen molar-refractivity contribution < 1.29 is 22.4 Å². The van der Waals surface area contributed by atoms with Crippen molar-refractivity contribution in [3.63, 3.8) is 0 Å². The number of aromatic nitrogens is 5. The van der Waals surface area contributed by atoms with Crippen LogP contribution in [0.3, 0.4) is 0 Å². The van der Waals surface area contributed by atoms with Gasteiger partial charge in [0, 0.05) is 17.4 Å². The number of nitrogens with zero attached hydrogens (tertiary/aromatic N) is 4. The lowest BCUT2D eigenvalue weighted by Gasteiger charge is -2.24. The van der Waals surface area contributed by atoms with E-state index < -0.39 is 41.2 Å². The second-order valence-electron chi connectivity index (χ2n) is 10.8. The van der Waals surface area contributed by atoms with Crippen LogP contribution in [-0.4, -0.2) is 43.2 Å². The van der Waals surface area contributed by atoms with Gasteiger partial charge in [-0.3, -0.25) is 14.6 Å². The van der Waals surface area contributed by atoms with Crippen LogP contribution in [0.15, 0.2) is 46.2 Å². The topological polar surface area (TPSA) is 116 Å². The van der Waals surface area contributed by atoms with Crippen molar-refractivity contribution in [3.05, 3.63) is 80.1 Å².